The molecule has 0 radical (unpaired) electrons. The molecule has 0 atom stereocenters. The summed E-state index contributed by atoms with van der Waals surface area (Å²) in [6.07, 6.45) is 4.02. The Morgan fingerprint density at radius 2 is 2.23 bits per heavy atom. The molecule has 0 bridgehead atoms. The van der Waals surface area contributed by atoms with E-state index in [0.717, 1.165) is 23.2 Å². The molecular weight excluding hydrogens is 413 g/mol. The molecule has 0 aliphatic heterocycles. The Bertz CT molecular complexity index is 579. The summed E-state index contributed by atoms with van der Waals surface area (Å²) in [5.74, 6) is 0.777. The topological polar surface area (TPSA) is 63.0 Å². The first kappa shape index (κ1) is 19.2. The summed E-state index contributed by atoms with van der Waals surface area (Å²) in [6.45, 7) is 8.17. The van der Waals surface area contributed by atoms with Gasteiger partial charge >= 0.3 is 0 Å². The van der Waals surface area contributed by atoms with Gasteiger partial charge in [-0.2, -0.15) is 0 Å². The summed E-state index contributed by atoms with van der Waals surface area (Å²) in [5, 5.41) is 8.54. The molecule has 0 saturated heterocycles. The smallest absolute Gasteiger partial charge is 0.193 e. The number of imidazole rings is 1. The van der Waals surface area contributed by atoms with E-state index in [1.807, 2.05) is 42.9 Å². The van der Waals surface area contributed by atoms with Gasteiger partial charge in [-0.1, -0.05) is 0 Å². The highest BCUT2D eigenvalue weighted by atomic mass is 127. The van der Waals surface area contributed by atoms with E-state index in [0.29, 0.717) is 13.1 Å². The molecule has 22 heavy (non-hydrogen) atoms. The van der Waals surface area contributed by atoms with Crippen molar-refractivity contribution < 1.29 is 4.74 Å². The van der Waals surface area contributed by atoms with Crippen LogP contribution in [0.1, 0.15) is 26.5 Å². The number of hydrogen-bond acceptors (Lipinski definition) is 4. The largest absolute Gasteiger partial charge is 0.377 e. The lowest BCUT2D eigenvalue weighted by molar-refractivity contribution is 0.0268. The second kappa shape index (κ2) is 8.68. The van der Waals surface area contributed by atoms with Crippen molar-refractivity contribution in [2.45, 2.75) is 32.9 Å². The number of ether oxygens (including phenoxy) is 1. The molecule has 0 aliphatic rings. The van der Waals surface area contributed by atoms with Crippen LogP contribution in [0.25, 0.3) is 4.96 Å². The van der Waals surface area contributed by atoms with E-state index in [-0.39, 0.29) is 29.6 Å². The molecule has 0 unspecified atom stereocenters. The van der Waals surface area contributed by atoms with Crippen LogP contribution in [0, 0.1) is 0 Å². The maximum Gasteiger partial charge on any atom is 0.193 e. The Morgan fingerprint density at radius 1 is 1.45 bits per heavy atom. The Kier molecular flexibility index (Phi) is 7.57. The molecule has 2 aromatic heterocycles. The number of fused-ring (bicyclic) bond motifs is 1. The first-order chi connectivity index (χ1) is 10.0. The van der Waals surface area contributed by atoms with Gasteiger partial charge in [0.2, 0.25) is 0 Å². The number of nitrogens with one attached hydrogen (secondary N) is 2. The zero-order valence-electron chi connectivity index (χ0n) is 13.4. The highest BCUT2D eigenvalue weighted by Crippen LogP contribution is 2.11. The molecule has 0 fully saturated rings. The van der Waals surface area contributed by atoms with Gasteiger partial charge in [-0.3, -0.25) is 4.40 Å². The molecule has 0 aromatic carbocycles. The summed E-state index contributed by atoms with van der Waals surface area (Å²) in [5.41, 5.74) is 0.734. The molecule has 0 saturated carbocycles. The fraction of sp³-hybridized carbons (Fsp3) is 0.571. The van der Waals surface area contributed by atoms with E-state index >= 15 is 0 Å². The first-order valence-electron chi connectivity index (χ1n) is 7.02. The summed E-state index contributed by atoms with van der Waals surface area (Å²) in [7, 11) is 1.71. The molecule has 6 nitrogen and oxygen atoms in total. The third-order valence-electron chi connectivity index (χ3n) is 3.12. The van der Waals surface area contributed by atoms with Gasteiger partial charge in [0.25, 0.3) is 0 Å². The molecule has 2 aromatic rings. The number of thiazole rings is 1. The van der Waals surface area contributed by atoms with E-state index in [1.165, 1.54) is 0 Å². The van der Waals surface area contributed by atoms with E-state index in [2.05, 4.69) is 20.6 Å². The zero-order valence-corrected chi connectivity index (χ0v) is 16.6. The van der Waals surface area contributed by atoms with E-state index in [4.69, 9.17) is 4.74 Å². The molecule has 0 spiro atoms. The molecule has 8 heteroatoms. The summed E-state index contributed by atoms with van der Waals surface area (Å²) < 4.78 is 7.42. The van der Waals surface area contributed by atoms with Gasteiger partial charge in [-0.25, -0.2) is 9.98 Å². The minimum Gasteiger partial charge on any atom is -0.377 e. The van der Waals surface area contributed by atoms with Crippen LogP contribution in [0.2, 0.25) is 0 Å². The lowest BCUT2D eigenvalue weighted by Gasteiger charge is -2.24. The number of methoxy groups -OCH3 is 1. The van der Waals surface area contributed by atoms with Crippen molar-refractivity contribution in [3.63, 3.8) is 0 Å². The van der Waals surface area contributed by atoms with Crippen LogP contribution in [0.15, 0.2) is 22.8 Å². The SMILES string of the molecule is CCNC(=NCc1cn2ccsc2n1)NCC(C)(C)OC.I. The number of halogens is 1. The minimum atomic E-state index is -0.229. The van der Waals surface area contributed by atoms with E-state index < -0.39 is 0 Å². The van der Waals surface area contributed by atoms with Crippen molar-refractivity contribution in [1.82, 2.24) is 20.0 Å². The number of guanidine groups is 1. The number of aliphatic imine (C=N–C) groups is 1. The lowest BCUT2D eigenvalue weighted by Crippen LogP contribution is -2.45. The van der Waals surface area contributed by atoms with Gasteiger partial charge in [0.15, 0.2) is 10.9 Å². The van der Waals surface area contributed by atoms with Gasteiger partial charge in [0.05, 0.1) is 17.8 Å². The molecule has 2 heterocycles. The van der Waals surface area contributed by atoms with Crippen molar-refractivity contribution in [2.75, 3.05) is 20.2 Å². The van der Waals surface area contributed by atoms with Crippen LogP contribution in [0.5, 0.6) is 0 Å². The fourth-order valence-corrected chi connectivity index (χ4v) is 2.44. The number of aromatic nitrogens is 2. The summed E-state index contributed by atoms with van der Waals surface area (Å²) >= 11 is 1.62. The molecule has 0 aliphatic carbocycles. The number of hydrogen-bond donors (Lipinski definition) is 2. The Balaban J connectivity index is 0.00000242. The van der Waals surface area contributed by atoms with E-state index in [9.17, 15) is 0 Å². The second-order valence-electron chi connectivity index (χ2n) is 5.34. The van der Waals surface area contributed by atoms with Gasteiger partial charge < -0.3 is 15.4 Å². The van der Waals surface area contributed by atoms with Crippen molar-refractivity contribution in [3.05, 3.63) is 23.5 Å². The monoisotopic (exact) mass is 437 g/mol. The Morgan fingerprint density at radius 3 is 2.86 bits per heavy atom. The van der Waals surface area contributed by atoms with Crippen molar-refractivity contribution in [1.29, 1.82) is 0 Å². The number of nitrogens with zero attached hydrogens (tertiary/aromatic N) is 3. The third kappa shape index (κ3) is 5.40. The molecule has 0 amide bonds. The second-order valence-corrected chi connectivity index (χ2v) is 6.21. The predicted molar refractivity (Wildman–Crippen MR) is 102 cm³/mol. The number of rotatable bonds is 6. The van der Waals surface area contributed by atoms with Gasteiger partial charge in [0, 0.05) is 38.0 Å². The van der Waals surface area contributed by atoms with E-state index in [1.54, 1.807) is 18.4 Å². The van der Waals surface area contributed by atoms with Crippen molar-refractivity contribution in [2.24, 2.45) is 4.99 Å². The summed E-state index contributed by atoms with van der Waals surface area (Å²) in [6, 6.07) is 0. The summed E-state index contributed by atoms with van der Waals surface area (Å²) in [4.78, 5) is 10.1. The highest BCUT2D eigenvalue weighted by Gasteiger charge is 2.16. The van der Waals surface area contributed by atoms with Crippen LogP contribution in [-0.2, 0) is 11.3 Å². The average molecular weight is 437 g/mol. The maximum atomic E-state index is 5.40. The predicted octanol–water partition coefficient (Wildman–Crippen LogP) is 2.49. The van der Waals surface area contributed by atoms with Crippen LogP contribution in [0.3, 0.4) is 0 Å². The fourth-order valence-electron chi connectivity index (χ4n) is 1.72. The Labute approximate surface area is 152 Å². The van der Waals surface area contributed by atoms with Crippen molar-refractivity contribution >= 4 is 46.2 Å². The third-order valence-corrected chi connectivity index (χ3v) is 3.89. The quantitative estimate of drug-likeness (QED) is 0.414. The minimum absolute atomic E-state index is 0. The molecular formula is C14H24IN5OS. The zero-order chi connectivity index (χ0) is 15.3. The van der Waals surface area contributed by atoms with Gasteiger partial charge in [-0.15, -0.1) is 35.3 Å². The Hall–Kier alpha value is -0.870. The normalized spacial score (nSPS) is 12.3. The highest BCUT2D eigenvalue weighted by molar-refractivity contribution is 14.0. The standard InChI is InChI=1S/C14H23N5OS.HI/c1-5-15-12(17-10-14(2,3)20-4)16-8-11-9-19-6-7-21-13(19)18-11;/h6-7,9H,5,8,10H2,1-4H3,(H2,15,16,17);1H. The maximum absolute atomic E-state index is 5.40. The van der Waals surface area contributed by atoms with Crippen LogP contribution < -0.4 is 10.6 Å². The van der Waals surface area contributed by atoms with Crippen LogP contribution in [-0.4, -0.2) is 41.1 Å². The lowest BCUT2D eigenvalue weighted by atomic mass is 10.1. The molecule has 2 N–H and O–H groups in total. The molecule has 124 valence electrons. The first-order valence-corrected chi connectivity index (χ1v) is 7.90. The van der Waals surface area contributed by atoms with Crippen molar-refractivity contribution in [3.8, 4) is 0 Å². The molecule has 2 rings (SSSR count). The van der Waals surface area contributed by atoms with Gasteiger partial charge in [-0.05, 0) is 20.8 Å². The van der Waals surface area contributed by atoms with Crippen LogP contribution >= 0.6 is 35.3 Å². The average Bonchev–Trinajstić information content (AvgIpc) is 3.03. The van der Waals surface area contributed by atoms with Crippen LogP contribution in [0.4, 0.5) is 0 Å². The van der Waals surface area contributed by atoms with Gasteiger partial charge in [0.1, 0.15) is 0 Å².